The van der Waals surface area contributed by atoms with Gasteiger partial charge in [0.05, 0.1) is 6.04 Å². The molecule has 0 aliphatic carbocycles. The van der Waals surface area contributed by atoms with Gasteiger partial charge in [-0.3, -0.25) is 14.5 Å². The van der Waals surface area contributed by atoms with E-state index in [1.165, 1.54) is 0 Å². The van der Waals surface area contributed by atoms with Crippen molar-refractivity contribution >= 4 is 17.6 Å². The normalized spacial score (nSPS) is 12.0. The summed E-state index contributed by atoms with van der Waals surface area (Å²) in [6.07, 6.45) is 0.662. The van der Waals surface area contributed by atoms with Gasteiger partial charge in [0.15, 0.2) is 5.82 Å². The average Bonchev–Trinajstić information content (AvgIpc) is 3.00. The first kappa shape index (κ1) is 18.7. The van der Waals surface area contributed by atoms with E-state index < -0.39 is 0 Å². The molecule has 0 fully saturated rings. The monoisotopic (exact) mass is 344 g/mol. The maximum absolute atomic E-state index is 12.5. The van der Waals surface area contributed by atoms with E-state index in [0.717, 1.165) is 5.56 Å². The topological polar surface area (TPSA) is 87.5 Å². The number of hydrogen-bond donors (Lipinski definition) is 2. The summed E-state index contributed by atoms with van der Waals surface area (Å²) in [5.74, 6) is 0.825. The molecule has 0 aliphatic rings. The molecule has 1 aromatic carbocycles. The smallest absolute Gasteiger partial charge is 0.251 e. The number of aromatic nitrogens is 1. The van der Waals surface area contributed by atoms with Crippen molar-refractivity contribution in [1.82, 2.24) is 15.4 Å². The quantitative estimate of drug-likeness (QED) is 0.804. The van der Waals surface area contributed by atoms with Crippen LogP contribution in [0.1, 0.15) is 35.0 Å². The van der Waals surface area contributed by atoms with Crippen LogP contribution in [0, 0.1) is 6.92 Å². The molecule has 2 rings (SSSR count). The molecule has 25 heavy (non-hydrogen) atoms. The number of carbonyl (C=O) groups excluding carboxylic acids is 2. The molecule has 1 atom stereocenters. The Hall–Kier alpha value is -2.67. The number of amides is 2. The number of nitrogens with zero attached hydrogens (tertiary/aromatic N) is 2. The van der Waals surface area contributed by atoms with Gasteiger partial charge in [-0.15, -0.1) is 0 Å². The molecule has 2 N–H and O–H groups in total. The zero-order valence-corrected chi connectivity index (χ0v) is 15.0. The molecule has 7 heteroatoms. The van der Waals surface area contributed by atoms with E-state index in [1.807, 2.05) is 31.0 Å². The first-order valence-corrected chi connectivity index (χ1v) is 8.20. The van der Waals surface area contributed by atoms with Crippen molar-refractivity contribution in [3.63, 3.8) is 0 Å². The van der Waals surface area contributed by atoms with Gasteiger partial charge in [0, 0.05) is 25.2 Å². The van der Waals surface area contributed by atoms with Gasteiger partial charge in [0.1, 0.15) is 5.76 Å². The number of benzene rings is 1. The largest absolute Gasteiger partial charge is 0.360 e. The zero-order chi connectivity index (χ0) is 18.4. The first-order chi connectivity index (χ1) is 11.9. The highest BCUT2D eigenvalue weighted by Crippen LogP contribution is 2.13. The van der Waals surface area contributed by atoms with Gasteiger partial charge in [-0.2, -0.15) is 0 Å². The van der Waals surface area contributed by atoms with Gasteiger partial charge in [-0.05, 0) is 38.1 Å². The Bertz CT molecular complexity index is 724. The van der Waals surface area contributed by atoms with Gasteiger partial charge in [-0.1, -0.05) is 24.2 Å². The van der Waals surface area contributed by atoms with E-state index in [2.05, 4.69) is 15.8 Å². The Morgan fingerprint density at radius 2 is 1.96 bits per heavy atom. The Labute approximate surface area is 147 Å². The van der Waals surface area contributed by atoms with Crippen molar-refractivity contribution < 1.29 is 14.1 Å². The van der Waals surface area contributed by atoms with Crippen LogP contribution in [0.4, 0.5) is 5.82 Å². The van der Waals surface area contributed by atoms with Crippen LogP contribution < -0.4 is 10.6 Å². The van der Waals surface area contributed by atoms with Crippen molar-refractivity contribution in [1.29, 1.82) is 0 Å². The number of nitrogens with one attached hydrogen (secondary N) is 2. The second-order valence-electron chi connectivity index (χ2n) is 5.93. The minimum atomic E-state index is -0.296. The molecular weight excluding hydrogens is 320 g/mol. The molecule has 2 amide bonds. The van der Waals surface area contributed by atoms with Crippen molar-refractivity contribution in [2.45, 2.75) is 32.9 Å². The number of hydrogen-bond acceptors (Lipinski definition) is 5. The lowest BCUT2D eigenvalue weighted by atomic mass is 10.1. The van der Waals surface area contributed by atoms with Crippen LogP contribution in [0.2, 0.25) is 0 Å². The highest BCUT2D eigenvalue weighted by Gasteiger charge is 2.22. The lowest BCUT2D eigenvalue weighted by Crippen LogP contribution is -2.41. The molecule has 7 nitrogen and oxygen atoms in total. The lowest BCUT2D eigenvalue weighted by molar-refractivity contribution is -0.121. The van der Waals surface area contributed by atoms with Crippen LogP contribution >= 0.6 is 0 Å². The second-order valence-corrected chi connectivity index (χ2v) is 5.93. The number of likely N-dealkylation sites (N-methyl/N-ethyl adjacent to an activating group) is 1. The van der Waals surface area contributed by atoms with Crippen LogP contribution in [-0.2, 0) is 11.3 Å². The maximum Gasteiger partial charge on any atom is 0.251 e. The molecule has 1 aromatic heterocycles. The van der Waals surface area contributed by atoms with Crippen molar-refractivity contribution in [3.05, 3.63) is 47.2 Å². The summed E-state index contributed by atoms with van der Waals surface area (Å²) >= 11 is 0. The van der Waals surface area contributed by atoms with Gasteiger partial charge in [0.25, 0.3) is 5.91 Å². The molecule has 2 aromatic rings. The van der Waals surface area contributed by atoms with Gasteiger partial charge in [0.2, 0.25) is 5.91 Å². The van der Waals surface area contributed by atoms with Crippen molar-refractivity contribution in [2.75, 3.05) is 19.4 Å². The highest BCUT2D eigenvalue weighted by molar-refractivity contribution is 5.94. The molecule has 134 valence electrons. The number of anilines is 1. The molecule has 0 saturated carbocycles. The Balaban J connectivity index is 2.00. The van der Waals surface area contributed by atoms with Crippen LogP contribution in [0.25, 0.3) is 0 Å². The summed E-state index contributed by atoms with van der Waals surface area (Å²) < 4.78 is 4.96. The molecule has 0 saturated heterocycles. The van der Waals surface area contributed by atoms with E-state index in [-0.39, 0.29) is 17.9 Å². The summed E-state index contributed by atoms with van der Waals surface area (Å²) in [4.78, 5) is 26.0. The SMILES string of the molecule is CC[C@H](C(=O)Nc1cc(C)on1)N(C)Cc1ccc(C(=O)NC)cc1. The fourth-order valence-corrected chi connectivity index (χ4v) is 2.64. The van der Waals surface area contributed by atoms with E-state index in [4.69, 9.17) is 4.52 Å². The van der Waals surface area contributed by atoms with Crippen molar-refractivity contribution in [2.24, 2.45) is 0 Å². The van der Waals surface area contributed by atoms with Crippen molar-refractivity contribution in [3.8, 4) is 0 Å². The van der Waals surface area contributed by atoms with Gasteiger partial charge < -0.3 is 15.2 Å². The van der Waals surface area contributed by atoms with E-state index in [1.54, 1.807) is 32.2 Å². The standard InChI is InChI=1S/C18H24N4O3/c1-5-15(18(24)20-16-10-12(2)25-21-16)22(4)11-13-6-8-14(9-7-13)17(23)19-3/h6-10,15H,5,11H2,1-4H3,(H,19,23)(H,20,21,24)/t15-/m1/s1. The Kier molecular flexibility index (Phi) is 6.30. The summed E-state index contributed by atoms with van der Waals surface area (Å²) in [6, 6.07) is 8.74. The molecular formula is C18H24N4O3. The zero-order valence-electron chi connectivity index (χ0n) is 15.0. The van der Waals surface area contributed by atoms with Gasteiger partial charge >= 0.3 is 0 Å². The van der Waals surface area contributed by atoms with E-state index in [9.17, 15) is 9.59 Å². The van der Waals surface area contributed by atoms with E-state index >= 15 is 0 Å². The Morgan fingerprint density at radius 3 is 2.48 bits per heavy atom. The third-order valence-electron chi connectivity index (χ3n) is 3.98. The Morgan fingerprint density at radius 1 is 1.28 bits per heavy atom. The van der Waals surface area contributed by atoms with Crippen LogP contribution in [-0.4, -0.2) is 42.0 Å². The van der Waals surface area contributed by atoms with Crippen LogP contribution in [0.15, 0.2) is 34.9 Å². The number of rotatable bonds is 7. The summed E-state index contributed by atoms with van der Waals surface area (Å²) in [5.41, 5.74) is 1.64. The fourth-order valence-electron chi connectivity index (χ4n) is 2.64. The summed E-state index contributed by atoms with van der Waals surface area (Å²) in [6.45, 7) is 4.33. The second kappa shape index (κ2) is 8.43. The van der Waals surface area contributed by atoms with Crippen LogP contribution in [0.5, 0.6) is 0 Å². The molecule has 0 aliphatic heterocycles. The molecule has 0 spiro atoms. The van der Waals surface area contributed by atoms with E-state index in [0.29, 0.717) is 30.1 Å². The lowest BCUT2D eigenvalue weighted by Gasteiger charge is -2.25. The predicted molar refractivity (Wildman–Crippen MR) is 95.2 cm³/mol. The minimum Gasteiger partial charge on any atom is -0.360 e. The number of carbonyl (C=O) groups is 2. The third-order valence-corrected chi connectivity index (χ3v) is 3.98. The van der Waals surface area contributed by atoms with Crippen LogP contribution in [0.3, 0.4) is 0 Å². The fraction of sp³-hybridized carbons (Fsp3) is 0.389. The molecule has 0 radical (unpaired) electrons. The minimum absolute atomic E-state index is 0.117. The summed E-state index contributed by atoms with van der Waals surface area (Å²) in [5, 5.41) is 9.15. The maximum atomic E-state index is 12.5. The average molecular weight is 344 g/mol. The molecule has 0 bridgehead atoms. The predicted octanol–water partition coefficient (Wildman–Crippen LogP) is 2.19. The molecule has 1 heterocycles. The number of aryl methyl sites for hydroxylation is 1. The van der Waals surface area contributed by atoms with Gasteiger partial charge in [-0.25, -0.2) is 0 Å². The highest BCUT2D eigenvalue weighted by atomic mass is 16.5. The third kappa shape index (κ3) is 4.90. The first-order valence-electron chi connectivity index (χ1n) is 8.20. The summed E-state index contributed by atoms with van der Waals surface area (Å²) in [7, 11) is 3.50. The molecule has 0 unspecified atom stereocenters.